The molecule has 0 fully saturated rings. The van der Waals surface area contributed by atoms with Crippen LogP contribution in [0.5, 0.6) is 0 Å². The average Bonchev–Trinajstić information content (AvgIpc) is 2.37. The number of hydrogen-bond donors (Lipinski definition) is 2. The first kappa shape index (κ1) is 16.4. The number of anilines is 1. The van der Waals surface area contributed by atoms with Crippen molar-refractivity contribution in [2.24, 2.45) is 0 Å². The zero-order valence-corrected chi connectivity index (χ0v) is 10.6. The van der Waals surface area contributed by atoms with E-state index in [9.17, 15) is 22.8 Å². The van der Waals surface area contributed by atoms with Crippen molar-refractivity contribution in [1.82, 2.24) is 4.90 Å². The van der Waals surface area contributed by atoms with E-state index in [-0.39, 0.29) is 6.54 Å². The van der Waals surface area contributed by atoms with Crippen LogP contribution in [0.4, 0.5) is 23.7 Å². The number of carbonyl (C=O) groups is 2. The summed E-state index contributed by atoms with van der Waals surface area (Å²) in [5.74, 6) is 0.735. The molecule has 0 spiro atoms. The number of aliphatic carboxylic acids is 1. The lowest BCUT2D eigenvalue weighted by Gasteiger charge is -2.20. The molecule has 2 N–H and O–H groups in total. The highest BCUT2D eigenvalue weighted by Crippen LogP contribution is 2.34. The van der Waals surface area contributed by atoms with Gasteiger partial charge in [0.15, 0.2) is 0 Å². The van der Waals surface area contributed by atoms with Gasteiger partial charge in [0.05, 0.1) is 17.8 Å². The summed E-state index contributed by atoms with van der Waals surface area (Å²) in [4.78, 5) is 23.1. The van der Waals surface area contributed by atoms with E-state index >= 15 is 0 Å². The lowest BCUT2D eigenvalue weighted by Crippen LogP contribution is -2.39. The number of para-hydroxylation sites is 1. The van der Waals surface area contributed by atoms with Gasteiger partial charge >= 0.3 is 18.2 Å². The van der Waals surface area contributed by atoms with Gasteiger partial charge in [-0.3, -0.25) is 4.79 Å². The molecule has 0 aliphatic rings. The van der Waals surface area contributed by atoms with Crippen LogP contribution >= 0.6 is 0 Å². The van der Waals surface area contributed by atoms with Crippen LogP contribution < -0.4 is 5.32 Å². The Kier molecular flexibility index (Phi) is 5.18. The maximum Gasteiger partial charge on any atom is 0.418 e. The molecule has 0 heterocycles. The maximum atomic E-state index is 12.8. The van der Waals surface area contributed by atoms with Gasteiger partial charge in [0.2, 0.25) is 0 Å². The third kappa shape index (κ3) is 4.72. The summed E-state index contributed by atoms with van der Waals surface area (Å²) < 4.78 is 38.3. The smallest absolute Gasteiger partial charge is 0.418 e. The van der Waals surface area contributed by atoms with E-state index in [0.717, 1.165) is 12.1 Å². The van der Waals surface area contributed by atoms with Gasteiger partial charge in [0.1, 0.15) is 6.54 Å². The van der Waals surface area contributed by atoms with Crippen LogP contribution in [0.3, 0.4) is 0 Å². The molecule has 0 unspecified atom stereocenters. The van der Waals surface area contributed by atoms with Gasteiger partial charge in [-0.2, -0.15) is 13.2 Å². The molecule has 8 heteroatoms. The first-order valence-electron chi connectivity index (χ1n) is 5.63. The Labute approximate surface area is 118 Å². The van der Waals surface area contributed by atoms with Crippen molar-refractivity contribution in [3.63, 3.8) is 0 Å². The molecule has 0 saturated heterocycles. The lowest BCUT2D eigenvalue weighted by atomic mass is 10.1. The van der Waals surface area contributed by atoms with Crippen molar-refractivity contribution in [1.29, 1.82) is 0 Å². The number of amides is 2. The van der Waals surface area contributed by atoms with E-state index in [1.165, 1.54) is 12.1 Å². The van der Waals surface area contributed by atoms with Crippen LogP contribution in [-0.4, -0.2) is 35.1 Å². The van der Waals surface area contributed by atoms with E-state index in [4.69, 9.17) is 11.5 Å². The Morgan fingerprint density at radius 2 is 1.95 bits per heavy atom. The molecule has 0 bridgehead atoms. The number of hydrogen-bond acceptors (Lipinski definition) is 2. The van der Waals surface area contributed by atoms with E-state index in [0.29, 0.717) is 4.90 Å². The topological polar surface area (TPSA) is 69.6 Å². The Balaban J connectivity index is 2.97. The number of carboxylic acids is 1. The molecule has 0 atom stereocenters. The fourth-order valence-electron chi connectivity index (χ4n) is 1.51. The molecule has 0 saturated carbocycles. The van der Waals surface area contributed by atoms with Gasteiger partial charge in [0, 0.05) is 0 Å². The second-order valence-electron chi connectivity index (χ2n) is 3.93. The normalized spacial score (nSPS) is 10.6. The standard InChI is InChI=1S/C13H11F3N2O3/c1-2-7-18(8-11(19)20)12(21)17-10-6-4-3-5-9(10)13(14,15)16/h1,3-6H,7-8H2,(H,17,21)(H,19,20). The largest absolute Gasteiger partial charge is 0.480 e. The first-order valence-corrected chi connectivity index (χ1v) is 5.63. The summed E-state index contributed by atoms with van der Waals surface area (Å²) in [5.41, 5.74) is -1.50. The minimum absolute atomic E-state index is 0.341. The Morgan fingerprint density at radius 3 is 2.48 bits per heavy atom. The van der Waals surface area contributed by atoms with Crippen molar-refractivity contribution in [3.8, 4) is 12.3 Å². The van der Waals surface area contributed by atoms with E-state index in [2.05, 4.69) is 5.92 Å². The molecule has 1 aromatic rings. The zero-order chi connectivity index (χ0) is 16.0. The number of rotatable bonds is 4. The number of nitrogens with zero attached hydrogens (tertiary/aromatic N) is 1. The second kappa shape index (κ2) is 6.65. The molecule has 0 aliphatic carbocycles. The van der Waals surface area contributed by atoms with Crippen LogP contribution in [0.2, 0.25) is 0 Å². The van der Waals surface area contributed by atoms with Crippen LogP contribution in [0.1, 0.15) is 5.56 Å². The summed E-state index contributed by atoms with van der Waals surface area (Å²) in [5, 5.41) is 10.7. The van der Waals surface area contributed by atoms with Crippen LogP contribution in [0.15, 0.2) is 24.3 Å². The van der Waals surface area contributed by atoms with Gasteiger partial charge in [-0.25, -0.2) is 4.79 Å². The number of benzene rings is 1. The highest BCUT2D eigenvalue weighted by molar-refractivity contribution is 5.92. The summed E-state index contributed by atoms with van der Waals surface area (Å²) >= 11 is 0. The SMILES string of the molecule is C#CCN(CC(=O)O)C(=O)Nc1ccccc1C(F)(F)F. The highest BCUT2D eigenvalue weighted by Gasteiger charge is 2.33. The fraction of sp³-hybridized carbons (Fsp3) is 0.231. The third-order valence-corrected chi connectivity index (χ3v) is 2.37. The lowest BCUT2D eigenvalue weighted by molar-refractivity contribution is -0.138. The third-order valence-electron chi connectivity index (χ3n) is 2.37. The molecule has 5 nitrogen and oxygen atoms in total. The van der Waals surface area contributed by atoms with Crippen LogP contribution in [0, 0.1) is 12.3 Å². The Morgan fingerprint density at radius 1 is 1.33 bits per heavy atom. The van der Waals surface area contributed by atoms with Gasteiger partial charge in [-0.1, -0.05) is 18.1 Å². The van der Waals surface area contributed by atoms with Crippen molar-refractivity contribution < 1.29 is 27.9 Å². The van der Waals surface area contributed by atoms with Gasteiger partial charge in [0.25, 0.3) is 0 Å². The van der Waals surface area contributed by atoms with Crippen molar-refractivity contribution >= 4 is 17.7 Å². The average molecular weight is 300 g/mol. The molecular weight excluding hydrogens is 289 g/mol. The molecule has 0 aromatic heterocycles. The monoisotopic (exact) mass is 300 g/mol. The zero-order valence-electron chi connectivity index (χ0n) is 10.6. The minimum atomic E-state index is -4.65. The summed E-state index contributed by atoms with van der Waals surface area (Å²) in [6, 6.07) is 3.34. The molecule has 112 valence electrons. The fourth-order valence-corrected chi connectivity index (χ4v) is 1.51. The molecule has 2 amide bonds. The summed E-state index contributed by atoms with van der Waals surface area (Å²) in [7, 11) is 0. The quantitative estimate of drug-likeness (QED) is 0.838. The molecular formula is C13H11F3N2O3. The number of carbonyl (C=O) groups excluding carboxylic acids is 1. The maximum absolute atomic E-state index is 12.8. The van der Waals surface area contributed by atoms with Crippen LogP contribution in [-0.2, 0) is 11.0 Å². The second-order valence-corrected chi connectivity index (χ2v) is 3.93. The molecule has 1 rings (SSSR count). The Bertz CT molecular complexity index is 579. The van der Waals surface area contributed by atoms with Gasteiger partial charge < -0.3 is 15.3 Å². The molecule has 0 radical (unpaired) electrons. The number of carboxylic acid groups (broad SMARTS) is 1. The first-order chi connectivity index (χ1) is 9.75. The molecule has 1 aromatic carbocycles. The van der Waals surface area contributed by atoms with Crippen molar-refractivity contribution in [2.45, 2.75) is 6.18 Å². The highest BCUT2D eigenvalue weighted by atomic mass is 19.4. The summed E-state index contributed by atoms with van der Waals surface area (Å²) in [6.07, 6.45) is 0.346. The summed E-state index contributed by atoms with van der Waals surface area (Å²) in [6.45, 7) is -1.06. The van der Waals surface area contributed by atoms with E-state index in [1.54, 1.807) is 0 Å². The van der Waals surface area contributed by atoms with Crippen molar-refractivity contribution in [3.05, 3.63) is 29.8 Å². The Hall–Kier alpha value is -2.69. The van der Waals surface area contributed by atoms with E-state index in [1.807, 2.05) is 5.32 Å². The minimum Gasteiger partial charge on any atom is -0.480 e. The van der Waals surface area contributed by atoms with Gasteiger partial charge in [-0.15, -0.1) is 6.42 Å². The number of urea groups is 1. The number of alkyl halides is 3. The molecule has 21 heavy (non-hydrogen) atoms. The number of nitrogens with one attached hydrogen (secondary N) is 1. The predicted molar refractivity (Wildman–Crippen MR) is 68.5 cm³/mol. The van der Waals surface area contributed by atoms with Gasteiger partial charge in [-0.05, 0) is 12.1 Å². The van der Waals surface area contributed by atoms with Crippen molar-refractivity contribution in [2.75, 3.05) is 18.4 Å². The number of terminal acetylenes is 1. The van der Waals surface area contributed by atoms with Crippen LogP contribution in [0.25, 0.3) is 0 Å². The number of halogens is 3. The van der Waals surface area contributed by atoms with E-state index < -0.39 is 36.0 Å². The predicted octanol–water partition coefficient (Wildman–Crippen LogP) is 2.26. The molecule has 0 aliphatic heterocycles.